The molecule has 0 spiro atoms. The minimum atomic E-state index is -0.506. The number of aryl methyl sites for hydroxylation is 1. The molecule has 14 heavy (non-hydrogen) atoms. The maximum Gasteiger partial charge on any atom is 0.341 e. The summed E-state index contributed by atoms with van der Waals surface area (Å²) in [6.45, 7) is 1.75. The molecule has 0 saturated carbocycles. The van der Waals surface area contributed by atoms with Gasteiger partial charge >= 0.3 is 5.97 Å². The zero-order valence-electron chi connectivity index (χ0n) is 7.90. The zero-order chi connectivity index (χ0) is 10.6. The molecule has 72 valence electrons. The van der Waals surface area contributed by atoms with Crippen molar-refractivity contribution in [1.29, 1.82) is 5.26 Å². The van der Waals surface area contributed by atoms with Crippen molar-refractivity contribution in [2.45, 2.75) is 6.92 Å². The Balaban J connectivity index is 3.23. The van der Waals surface area contributed by atoms with Crippen molar-refractivity contribution in [2.75, 3.05) is 7.11 Å². The van der Waals surface area contributed by atoms with Crippen LogP contribution < -0.4 is 4.74 Å². The molecule has 1 aromatic rings. The number of esters is 1. The fourth-order valence-corrected chi connectivity index (χ4v) is 1.14. The second kappa shape index (κ2) is 4.28. The first-order valence-corrected chi connectivity index (χ1v) is 3.94. The Hall–Kier alpha value is -2.02. The van der Waals surface area contributed by atoms with Crippen molar-refractivity contribution < 1.29 is 14.3 Å². The number of ether oxygens (including phenoxy) is 2. The molecule has 1 aromatic carbocycles. The van der Waals surface area contributed by atoms with Crippen LogP contribution in [-0.4, -0.2) is 13.1 Å². The number of nitriles is 1. The van der Waals surface area contributed by atoms with E-state index in [9.17, 15) is 4.79 Å². The highest BCUT2D eigenvalue weighted by atomic mass is 16.5. The van der Waals surface area contributed by atoms with E-state index in [1.54, 1.807) is 25.1 Å². The molecule has 0 bridgehead atoms. The van der Waals surface area contributed by atoms with E-state index in [1.807, 2.05) is 0 Å². The Morgan fingerprint density at radius 3 is 2.79 bits per heavy atom. The molecule has 0 radical (unpaired) electrons. The van der Waals surface area contributed by atoms with Crippen LogP contribution in [0, 0.1) is 18.4 Å². The SMILES string of the molecule is COC(=O)c1c(C)cccc1OC#N. The van der Waals surface area contributed by atoms with E-state index in [1.165, 1.54) is 13.4 Å². The van der Waals surface area contributed by atoms with Crippen LogP contribution in [0.15, 0.2) is 18.2 Å². The van der Waals surface area contributed by atoms with E-state index >= 15 is 0 Å². The Labute approximate surface area is 81.7 Å². The summed E-state index contributed by atoms with van der Waals surface area (Å²) in [7, 11) is 1.28. The summed E-state index contributed by atoms with van der Waals surface area (Å²) in [5.41, 5.74) is 1.00. The van der Waals surface area contributed by atoms with E-state index in [2.05, 4.69) is 9.47 Å². The summed E-state index contributed by atoms with van der Waals surface area (Å²) in [5.74, 6) is -0.285. The highest BCUT2D eigenvalue weighted by molar-refractivity contribution is 5.94. The van der Waals surface area contributed by atoms with E-state index in [4.69, 9.17) is 5.26 Å². The van der Waals surface area contributed by atoms with Gasteiger partial charge in [-0.3, -0.25) is 0 Å². The van der Waals surface area contributed by atoms with Gasteiger partial charge in [0.1, 0.15) is 5.56 Å². The predicted molar refractivity (Wildman–Crippen MR) is 48.8 cm³/mol. The third kappa shape index (κ3) is 1.83. The van der Waals surface area contributed by atoms with Gasteiger partial charge < -0.3 is 9.47 Å². The average Bonchev–Trinajstić information content (AvgIpc) is 2.18. The maximum atomic E-state index is 11.3. The minimum absolute atomic E-state index is 0.222. The van der Waals surface area contributed by atoms with Crippen LogP contribution in [0.5, 0.6) is 5.75 Å². The van der Waals surface area contributed by atoms with E-state index in [-0.39, 0.29) is 11.3 Å². The molecule has 0 saturated heterocycles. The molecule has 4 nitrogen and oxygen atoms in total. The number of methoxy groups -OCH3 is 1. The lowest BCUT2D eigenvalue weighted by Crippen LogP contribution is -2.06. The van der Waals surface area contributed by atoms with Crippen LogP contribution in [0.25, 0.3) is 0 Å². The molecule has 0 aliphatic rings. The molecule has 0 aromatic heterocycles. The van der Waals surface area contributed by atoms with Crippen LogP contribution in [0.2, 0.25) is 0 Å². The van der Waals surface area contributed by atoms with Crippen molar-refractivity contribution in [3.05, 3.63) is 29.3 Å². The molecule has 0 atom stereocenters. The third-order valence-electron chi connectivity index (χ3n) is 1.78. The van der Waals surface area contributed by atoms with Crippen LogP contribution in [0.4, 0.5) is 0 Å². The predicted octanol–water partition coefficient (Wildman–Crippen LogP) is 1.64. The summed E-state index contributed by atoms with van der Waals surface area (Å²) in [6.07, 6.45) is 1.52. The molecule has 0 amide bonds. The summed E-state index contributed by atoms with van der Waals surface area (Å²) >= 11 is 0. The van der Waals surface area contributed by atoms with Crippen molar-refractivity contribution in [3.63, 3.8) is 0 Å². The number of carbonyl (C=O) groups is 1. The first-order valence-electron chi connectivity index (χ1n) is 3.94. The van der Waals surface area contributed by atoms with Gasteiger partial charge in [-0.1, -0.05) is 12.1 Å². The topological polar surface area (TPSA) is 59.3 Å². The molecule has 0 N–H and O–H groups in total. The quantitative estimate of drug-likeness (QED) is 0.526. The van der Waals surface area contributed by atoms with Gasteiger partial charge in [0.25, 0.3) is 6.26 Å². The smallest absolute Gasteiger partial charge is 0.341 e. The molecule has 4 heteroatoms. The lowest BCUT2D eigenvalue weighted by molar-refractivity contribution is 0.0597. The van der Waals surface area contributed by atoms with E-state index in [0.717, 1.165) is 0 Å². The van der Waals surface area contributed by atoms with Gasteiger partial charge in [-0.2, -0.15) is 0 Å². The monoisotopic (exact) mass is 191 g/mol. The third-order valence-corrected chi connectivity index (χ3v) is 1.78. The number of hydrogen-bond acceptors (Lipinski definition) is 4. The second-order valence-electron chi connectivity index (χ2n) is 2.63. The largest absolute Gasteiger partial charge is 0.465 e. The summed E-state index contributed by atoms with van der Waals surface area (Å²) in [4.78, 5) is 11.3. The summed E-state index contributed by atoms with van der Waals surface area (Å²) in [6, 6.07) is 4.99. The molecule has 0 fully saturated rings. The standard InChI is InChI=1S/C10H9NO3/c1-7-4-3-5-8(14-6-11)9(7)10(12)13-2/h3-5H,1-2H3. The Bertz CT molecular complexity index is 393. The maximum absolute atomic E-state index is 11.3. The Kier molecular flexibility index (Phi) is 3.08. The van der Waals surface area contributed by atoms with Crippen LogP contribution in [-0.2, 0) is 4.74 Å². The van der Waals surface area contributed by atoms with Crippen LogP contribution >= 0.6 is 0 Å². The lowest BCUT2D eigenvalue weighted by atomic mass is 10.1. The van der Waals surface area contributed by atoms with Crippen molar-refractivity contribution in [3.8, 4) is 12.0 Å². The van der Waals surface area contributed by atoms with Crippen molar-refractivity contribution in [2.24, 2.45) is 0 Å². The molecule has 0 heterocycles. The van der Waals surface area contributed by atoms with Gasteiger partial charge in [0.15, 0.2) is 5.75 Å². The number of benzene rings is 1. The fourth-order valence-electron chi connectivity index (χ4n) is 1.14. The molecule has 1 rings (SSSR count). The van der Waals surface area contributed by atoms with E-state index in [0.29, 0.717) is 5.56 Å². The minimum Gasteiger partial charge on any atom is -0.465 e. The highest BCUT2D eigenvalue weighted by Gasteiger charge is 2.15. The number of hydrogen-bond donors (Lipinski definition) is 0. The normalized spacial score (nSPS) is 8.93. The lowest BCUT2D eigenvalue weighted by Gasteiger charge is -2.06. The van der Waals surface area contributed by atoms with Gasteiger partial charge in [0.2, 0.25) is 0 Å². The van der Waals surface area contributed by atoms with Crippen LogP contribution in [0.3, 0.4) is 0 Å². The van der Waals surface area contributed by atoms with E-state index < -0.39 is 5.97 Å². The first-order chi connectivity index (χ1) is 6.70. The summed E-state index contributed by atoms with van der Waals surface area (Å²) in [5, 5.41) is 8.37. The van der Waals surface area contributed by atoms with Gasteiger partial charge in [0.05, 0.1) is 7.11 Å². The number of rotatable bonds is 2. The van der Waals surface area contributed by atoms with Crippen LogP contribution in [0.1, 0.15) is 15.9 Å². The molecule has 0 aliphatic carbocycles. The van der Waals surface area contributed by atoms with Gasteiger partial charge in [-0.05, 0) is 18.6 Å². The second-order valence-corrected chi connectivity index (χ2v) is 2.63. The number of carbonyl (C=O) groups excluding carboxylic acids is 1. The van der Waals surface area contributed by atoms with Crippen molar-refractivity contribution in [1.82, 2.24) is 0 Å². The number of nitrogens with zero attached hydrogens (tertiary/aromatic N) is 1. The first kappa shape index (κ1) is 10.1. The summed E-state index contributed by atoms with van der Waals surface area (Å²) < 4.78 is 9.22. The fraction of sp³-hybridized carbons (Fsp3) is 0.200. The molecular formula is C10H9NO3. The van der Waals surface area contributed by atoms with Gasteiger partial charge in [-0.25, -0.2) is 4.79 Å². The molecule has 0 unspecified atom stereocenters. The van der Waals surface area contributed by atoms with Gasteiger partial charge in [-0.15, -0.1) is 5.26 Å². The Morgan fingerprint density at radius 2 is 2.21 bits per heavy atom. The Morgan fingerprint density at radius 1 is 1.50 bits per heavy atom. The average molecular weight is 191 g/mol. The van der Waals surface area contributed by atoms with Gasteiger partial charge in [0, 0.05) is 0 Å². The zero-order valence-corrected chi connectivity index (χ0v) is 7.90. The van der Waals surface area contributed by atoms with Crippen molar-refractivity contribution >= 4 is 5.97 Å². The molecular weight excluding hydrogens is 182 g/mol. The molecule has 0 aliphatic heterocycles. The highest BCUT2D eigenvalue weighted by Crippen LogP contribution is 2.22.